The van der Waals surface area contributed by atoms with Crippen molar-refractivity contribution in [1.29, 1.82) is 0 Å². The van der Waals surface area contributed by atoms with Crippen molar-refractivity contribution in [3.05, 3.63) is 41.2 Å². The number of nitrogens with one attached hydrogen (secondary N) is 1. The number of rotatable bonds is 3. The third kappa shape index (κ3) is 2.79. The molecule has 2 aromatic rings. The van der Waals surface area contributed by atoms with E-state index in [2.05, 4.69) is 32.4 Å². The molecule has 0 saturated heterocycles. The quantitative estimate of drug-likeness (QED) is 0.907. The molecule has 0 radical (unpaired) electrons. The number of nitrogen functional groups attached to an aromatic ring is 1. The van der Waals surface area contributed by atoms with Crippen LogP contribution in [0, 0.1) is 0 Å². The fraction of sp³-hybridized carbons (Fsp3) is 0.400. The summed E-state index contributed by atoms with van der Waals surface area (Å²) in [6, 6.07) is 8.38. The number of hydrogen-bond donors (Lipinski definition) is 2. The van der Waals surface area contributed by atoms with Crippen LogP contribution in [0.5, 0.6) is 0 Å². The molecule has 0 aliphatic heterocycles. The molecular formula is C15H18FN5. The van der Waals surface area contributed by atoms with Crippen molar-refractivity contribution < 1.29 is 4.39 Å². The highest BCUT2D eigenvalue weighted by Gasteiger charge is 2.26. The van der Waals surface area contributed by atoms with E-state index in [0.29, 0.717) is 5.95 Å². The monoisotopic (exact) mass is 287 g/mol. The van der Waals surface area contributed by atoms with Crippen LogP contribution in [-0.4, -0.2) is 15.0 Å². The van der Waals surface area contributed by atoms with E-state index in [9.17, 15) is 4.39 Å². The Morgan fingerprint density at radius 3 is 2.76 bits per heavy atom. The van der Waals surface area contributed by atoms with E-state index in [-0.39, 0.29) is 17.8 Å². The molecular weight excluding hydrogens is 269 g/mol. The van der Waals surface area contributed by atoms with Gasteiger partial charge in [-0.25, -0.2) is 4.39 Å². The van der Waals surface area contributed by atoms with Gasteiger partial charge in [0.05, 0.1) is 6.04 Å². The number of halogens is 1. The first kappa shape index (κ1) is 13.7. The Kier molecular flexibility index (Phi) is 3.23. The van der Waals surface area contributed by atoms with Gasteiger partial charge in [0, 0.05) is 0 Å². The van der Waals surface area contributed by atoms with Gasteiger partial charge in [-0.2, -0.15) is 15.0 Å². The van der Waals surface area contributed by atoms with E-state index in [1.807, 2.05) is 12.1 Å². The van der Waals surface area contributed by atoms with Crippen molar-refractivity contribution in [3.63, 3.8) is 0 Å². The molecule has 6 heteroatoms. The van der Waals surface area contributed by atoms with E-state index in [1.54, 1.807) is 0 Å². The normalized spacial score (nSPS) is 17.6. The molecule has 1 aromatic heterocycles. The van der Waals surface area contributed by atoms with E-state index in [4.69, 9.17) is 5.73 Å². The summed E-state index contributed by atoms with van der Waals surface area (Å²) in [5, 5.41) is 3.24. The van der Waals surface area contributed by atoms with Gasteiger partial charge in [-0.15, -0.1) is 0 Å². The summed E-state index contributed by atoms with van der Waals surface area (Å²) >= 11 is 0. The molecule has 3 N–H and O–H groups in total. The van der Waals surface area contributed by atoms with Crippen LogP contribution in [0.15, 0.2) is 24.3 Å². The van der Waals surface area contributed by atoms with Crippen molar-refractivity contribution in [2.45, 2.75) is 38.4 Å². The zero-order chi connectivity index (χ0) is 15.0. The van der Waals surface area contributed by atoms with Crippen LogP contribution in [0.4, 0.5) is 16.3 Å². The predicted octanol–water partition coefficient (Wildman–Crippen LogP) is 2.76. The van der Waals surface area contributed by atoms with Gasteiger partial charge in [0.1, 0.15) is 0 Å². The van der Waals surface area contributed by atoms with Crippen LogP contribution < -0.4 is 11.1 Å². The largest absolute Gasteiger partial charge is 0.368 e. The van der Waals surface area contributed by atoms with Crippen LogP contribution in [0.25, 0.3) is 0 Å². The molecule has 0 fully saturated rings. The number of fused-ring (bicyclic) bond motifs is 1. The Bertz CT molecular complexity index is 665. The van der Waals surface area contributed by atoms with Crippen molar-refractivity contribution in [1.82, 2.24) is 15.0 Å². The van der Waals surface area contributed by atoms with E-state index < -0.39 is 5.67 Å². The van der Waals surface area contributed by atoms with Crippen LogP contribution >= 0.6 is 0 Å². The second kappa shape index (κ2) is 4.95. The van der Waals surface area contributed by atoms with E-state index >= 15 is 0 Å². The lowest BCUT2D eigenvalue weighted by Crippen LogP contribution is -2.19. The molecule has 1 unspecified atom stereocenters. The molecule has 110 valence electrons. The van der Waals surface area contributed by atoms with Crippen LogP contribution in [-0.2, 0) is 12.1 Å². The smallest absolute Gasteiger partial charge is 0.228 e. The SMILES string of the molecule is CC(C)(F)c1nc(N)nc(NC2CCc3ccccc32)n1. The zero-order valence-electron chi connectivity index (χ0n) is 12.1. The first-order valence-corrected chi connectivity index (χ1v) is 6.99. The Labute approximate surface area is 122 Å². The fourth-order valence-corrected chi connectivity index (χ4v) is 2.59. The van der Waals surface area contributed by atoms with Gasteiger partial charge in [-0.1, -0.05) is 24.3 Å². The average Bonchev–Trinajstić information content (AvgIpc) is 2.81. The van der Waals surface area contributed by atoms with Gasteiger partial charge in [0.15, 0.2) is 11.5 Å². The summed E-state index contributed by atoms with van der Waals surface area (Å²) in [6.45, 7) is 2.80. The summed E-state index contributed by atoms with van der Waals surface area (Å²) in [5.41, 5.74) is 6.56. The van der Waals surface area contributed by atoms with Gasteiger partial charge >= 0.3 is 0 Å². The Hall–Kier alpha value is -2.24. The number of nitrogens with two attached hydrogens (primary N) is 1. The highest BCUT2D eigenvalue weighted by atomic mass is 19.1. The van der Waals surface area contributed by atoms with Crippen molar-refractivity contribution in [3.8, 4) is 0 Å². The second-order valence-corrected chi connectivity index (χ2v) is 5.75. The molecule has 1 heterocycles. The van der Waals surface area contributed by atoms with Gasteiger partial charge in [0.25, 0.3) is 0 Å². The lowest BCUT2D eigenvalue weighted by Gasteiger charge is -2.17. The minimum atomic E-state index is -1.65. The van der Waals surface area contributed by atoms with Crippen LogP contribution in [0.1, 0.15) is 43.3 Å². The third-order valence-corrected chi connectivity index (χ3v) is 3.62. The van der Waals surface area contributed by atoms with Crippen molar-refractivity contribution in [2.24, 2.45) is 0 Å². The van der Waals surface area contributed by atoms with E-state index in [1.165, 1.54) is 25.0 Å². The molecule has 1 aromatic carbocycles. The highest BCUT2D eigenvalue weighted by molar-refractivity contribution is 5.42. The zero-order valence-corrected chi connectivity index (χ0v) is 12.1. The Balaban J connectivity index is 1.88. The maximum Gasteiger partial charge on any atom is 0.228 e. The lowest BCUT2D eigenvalue weighted by atomic mass is 10.1. The molecule has 1 aliphatic rings. The molecule has 0 bridgehead atoms. The standard InChI is InChI=1S/C15H18FN5/c1-15(2,16)12-19-13(17)21-14(20-12)18-11-8-7-9-5-3-4-6-10(9)11/h3-6,11H,7-8H2,1-2H3,(H3,17,18,19,20,21). The van der Waals surface area contributed by atoms with Crippen LogP contribution in [0.2, 0.25) is 0 Å². The number of alkyl halides is 1. The maximum atomic E-state index is 14.0. The van der Waals surface area contributed by atoms with Gasteiger partial charge < -0.3 is 11.1 Å². The van der Waals surface area contributed by atoms with Gasteiger partial charge in [0.2, 0.25) is 11.9 Å². The third-order valence-electron chi connectivity index (χ3n) is 3.62. The molecule has 0 saturated carbocycles. The maximum absolute atomic E-state index is 14.0. The number of anilines is 2. The first-order valence-electron chi connectivity index (χ1n) is 6.99. The Morgan fingerprint density at radius 2 is 2.00 bits per heavy atom. The van der Waals surface area contributed by atoms with Crippen molar-refractivity contribution >= 4 is 11.9 Å². The summed E-state index contributed by atoms with van der Waals surface area (Å²) in [7, 11) is 0. The fourth-order valence-electron chi connectivity index (χ4n) is 2.59. The lowest BCUT2D eigenvalue weighted by molar-refractivity contribution is 0.206. The summed E-state index contributed by atoms with van der Waals surface area (Å²) < 4.78 is 14.0. The number of benzene rings is 1. The number of nitrogens with zero attached hydrogens (tertiary/aromatic N) is 3. The average molecular weight is 287 g/mol. The van der Waals surface area contributed by atoms with Gasteiger partial charge in [-0.3, -0.25) is 0 Å². The molecule has 0 amide bonds. The molecule has 3 rings (SSSR count). The minimum Gasteiger partial charge on any atom is -0.368 e. The predicted molar refractivity (Wildman–Crippen MR) is 79.5 cm³/mol. The van der Waals surface area contributed by atoms with Gasteiger partial charge in [-0.05, 0) is 37.8 Å². The minimum absolute atomic E-state index is 0.0273. The first-order chi connectivity index (χ1) is 9.93. The number of hydrogen-bond acceptors (Lipinski definition) is 5. The van der Waals surface area contributed by atoms with Crippen LogP contribution in [0.3, 0.4) is 0 Å². The molecule has 1 aliphatic carbocycles. The molecule has 5 nitrogen and oxygen atoms in total. The molecule has 21 heavy (non-hydrogen) atoms. The number of aryl methyl sites for hydroxylation is 1. The topological polar surface area (TPSA) is 76.7 Å². The second-order valence-electron chi connectivity index (χ2n) is 5.75. The van der Waals surface area contributed by atoms with E-state index in [0.717, 1.165) is 12.8 Å². The highest BCUT2D eigenvalue weighted by Crippen LogP contribution is 2.33. The number of aromatic nitrogens is 3. The summed E-state index contributed by atoms with van der Waals surface area (Å²) in [6.07, 6.45) is 1.97. The summed E-state index contributed by atoms with van der Waals surface area (Å²) in [5.74, 6) is 0.396. The molecule has 0 spiro atoms. The summed E-state index contributed by atoms with van der Waals surface area (Å²) in [4.78, 5) is 12.1. The Morgan fingerprint density at radius 1 is 1.24 bits per heavy atom. The van der Waals surface area contributed by atoms with Crippen molar-refractivity contribution in [2.75, 3.05) is 11.1 Å². The molecule has 1 atom stereocenters.